The van der Waals surface area contributed by atoms with E-state index in [0.717, 1.165) is 6.42 Å². The van der Waals surface area contributed by atoms with Gasteiger partial charge in [0.2, 0.25) is 0 Å². The number of nitrogens with one attached hydrogen (secondary N) is 1. The highest BCUT2D eigenvalue weighted by Gasteiger charge is 2.12. The quantitative estimate of drug-likeness (QED) is 0.329. The molecule has 3 aromatic rings. The molecule has 0 unspecified atom stereocenters. The van der Waals surface area contributed by atoms with Crippen LogP contribution in [0.3, 0.4) is 0 Å². The number of fused-ring (bicyclic) bond motifs is 1. The first-order valence-electron chi connectivity index (χ1n) is 7.64. The Hall–Kier alpha value is -3.32. The van der Waals surface area contributed by atoms with Crippen LogP contribution >= 0.6 is 0 Å². The molecule has 0 saturated heterocycles. The van der Waals surface area contributed by atoms with E-state index < -0.39 is 12.1 Å². The monoisotopic (exact) mass is 340 g/mol. The summed E-state index contributed by atoms with van der Waals surface area (Å²) < 4.78 is 4.14. The van der Waals surface area contributed by atoms with Crippen LogP contribution in [0.5, 0.6) is 0 Å². The Labute approximate surface area is 144 Å². The van der Waals surface area contributed by atoms with E-state index in [0.29, 0.717) is 6.54 Å². The van der Waals surface area contributed by atoms with Crippen LogP contribution in [0.1, 0.15) is 15.9 Å². The molecule has 7 nitrogen and oxygen atoms in total. The number of carbonyl (C=O) groups excluding carboxylic acids is 2. The predicted molar refractivity (Wildman–Crippen MR) is 96.9 cm³/mol. The van der Waals surface area contributed by atoms with Gasteiger partial charge in [0, 0.05) is 22.8 Å². The molecule has 0 aliphatic heterocycles. The van der Waals surface area contributed by atoms with Gasteiger partial charge in [0.1, 0.15) is 0 Å². The number of H-pyrrole nitrogens is 1. The summed E-state index contributed by atoms with van der Waals surface area (Å²) in [5, 5.41) is 1.29. The lowest BCUT2D eigenvalue weighted by Crippen LogP contribution is -2.19. The molecule has 25 heavy (non-hydrogen) atoms. The molecule has 0 radical (unpaired) electrons. The molecular weight excluding hydrogens is 320 g/mol. The number of carbonyl (C=O) groups is 2. The molecule has 7 heteroatoms. The highest BCUT2D eigenvalue weighted by Crippen LogP contribution is 2.17. The van der Waals surface area contributed by atoms with Gasteiger partial charge >= 0.3 is 12.1 Å². The highest BCUT2D eigenvalue weighted by atomic mass is 16.6. The SMILES string of the molecule is NC(=O)OC(=O)c1ccccc1N.NCCc1c[nH]c2ccccc12. The minimum Gasteiger partial charge on any atom is -0.398 e. The summed E-state index contributed by atoms with van der Waals surface area (Å²) in [4.78, 5) is 24.5. The topological polar surface area (TPSA) is 137 Å². The van der Waals surface area contributed by atoms with E-state index in [-0.39, 0.29) is 11.3 Å². The van der Waals surface area contributed by atoms with Gasteiger partial charge in [0.05, 0.1) is 5.56 Å². The van der Waals surface area contributed by atoms with Crippen molar-refractivity contribution in [1.29, 1.82) is 0 Å². The standard InChI is InChI=1S/C10H12N2.C8H8N2O3/c11-6-5-8-7-12-10-4-2-1-3-9(8)10;9-6-4-2-1-3-5(6)7(11)13-8(10)12/h1-4,7,12H,5-6,11H2;1-4H,9H2,(H2,10,12). The highest BCUT2D eigenvalue weighted by molar-refractivity contribution is 5.99. The number of primary amides is 1. The van der Waals surface area contributed by atoms with Crippen LogP contribution in [0.4, 0.5) is 10.5 Å². The summed E-state index contributed by atoms with van der Waals surface area (Å²) in [6, 6.07) is 14.5. The first-order valence-corrected chi connectivity index (χ1v) is 7.64. The summed E-state index contributed by atoms with van der Waals surface area (Å²) in [5.41, 5.74) is 18.5. The fourth-order valence-corrected chi connectivity index (χ4v) is 2.32. The number of aromatic nitrogens is 1. The Morgan fingerprint density at radius 2 is 1.72 bits per heavy atom. The van der Waals surface area contributed by atoms with Crippen molar-refractivity contribution in [3.63, 3.8) is 0 Å². The van der Waals surface area contributed by atoms with Crippen LogP contribution in [0.2, 0.25) is 0 Å². The second-order valence-electron chi connectivity index (χ2n) is 5.19. The lowest BCUT2D eigenvalue weighted by molar-refractivity contribution is 0.0639. The van der Waals surface area contributed by atoms with Crippen molar-refractivity contribution in [2.45, 2.75) is 6.42 Å². The van der Waals surface area contributed by atoms with Gasteiger partial charge in [-0.15, -0.1) is 0 Å². The third-order valence-electron chi connectivity index (χ3n) is 3.46. The molecule has 7 N–H and O–H groups in total. The second kappa shape index (κ2) is 8.51. The van der Waals surface area contributed by atoms with E-state index in [2.05, 4.69) is 33.7 Å². The summed E-state index contributed by atoms with van der Waals surface area (Å²) in [7, 11) is 0. The summed E-state index contributed by atoms with van der Waals surface area (Å²) >= 11 is 0. The number of benzene rings is 2. The maximum absolute atomic E-state index is 11.1. The first-order chi connectivity index (χ1) is 12.0. The van der Waals surface area contributed by atoms with E-state index in [1.54, 1.807) is 12.1 Å². The number of hydrogen-bond donors (Lipinski definition) is 4. The maximum atomic E-state index is 11.1. The van der Waals surface area contributed by atoms with Gasteiger partial charge in [-0.05, 0) is 36.7 Å². The fourth-order valence-electron chi connectivity index (χ4n) is 2.32. The molecule has 2 aromatic carbocycles. The molecule has 0 saturated carbocycles. The van der Waals surface area contributed by atoms with Crippen LogP contribution < -0.4 is 17.2 Å². The molecule has 130 valence electrons. The zero-order valence-electron chi connectivity index (χ0n) is 13.6. The second-order valence-corrected chi connectivity index (χ2v) is 5.19. The zero-order valence-corrected chi connectivity index (χ0v) is 13.6. The summed E-state index contributed by atoms with van der Waals surface area (Å²) in [6.07, 6.45) is 1.84. The number of aromatic amines is 1. The Morgan fingerprint density at radius 3 is 2.40 bits per heavy atom. The molecule has 0 atom stereocenters. The van der Waals surface area contributed by atoms with Gasteiger partial charge in [-0.2, -0.15) is 0 Å². The number of para-hydroxylation sites is 2. The number of nitrogen functional groups attached to an aromatic ring is 1. The number of amides is 1. The molecule has 1 aromatic heterocycles. The van der Waals surface area contributed by atoms with Crippen LogP contribution in [-0.2, 0) is 11.2 Å². The van der Waals surface area contributed by atoms with Crippen molar-refractivity contribution in [2.75, 3.05) is 12.3 Å². The minimum absolute atomic E-state index is 0.126. The average Bonchev–Trinajstić information content (AvgIpc) is 2.99. The number of anilines is 1. The number of rotatable bonds is 3. The van der Waals surface area contributed by atoms with Crippen LogP contribution in [0, 0.1) is 0 Å². The minimum atomic E-state index is -1.15. The predicted octanol–water partition coefficient (Wildman–Crippen LogP) is 2.17. The Bertz CT molecular complexity index is 873. The molecule has 1 heterocycles. The lowest BCUT2D eigenvalue weighted by atomic mass is 10.1. The number of nitrogens with two attached hydrogens (primary N) is 3. The number of ether oxygens (including phenoxy) is 1. The van der Waals surface area contributed by atoms with Crippen LogP contribution in [0.15, 0.2) is 54.7 Å². The smallest absolute Gasteiger partial charge is 0.398 e. The average molecular weight is 340 g/mol. The summed E-state index contributed by atoms with van der Waals surface area (Å²) in [6.45, 7) is 0.710. The lowest BCUT2D eigenvalue weighted by Gasteiger charge is -2.01. The van der Waals surface area contributed by atoms with Crippen molar-refractivity contribution < 1.29 is 14.3 Å². The van der Waals surface area contributed by atoms with E-state index in [1.165, 1.54) is 28.6 Å². The fraction of sp³-hybridized carbons (Fsp3) is 0.111. The van der Waals surface area contributed by atoms with Crippen LogP contribution in [0.25, 0.3) is 10.9 Å². The Morgan fingerprint density at radius 1 is 1.04 bits per heavy atom. The first kappa shape index (κ1) is 18.0. The van der Waals surface area contributed by atoms with Gasteiger partial charge < -0.3 is 26.9 Å². The van der Waals surface area contributed by atoms with E-state index >= 15 is 0 Å². The van der Waals surface area contributed by atoms with Gasteiger partial charge in [-0.25, -0.2) is 9.59 Å². The molecular formula is C18H20N4O3. The normalized spacial score (nSPS) is 9.96. The molecule has 3 rings (SSSR count). The van der Waals surface area contributed by atoms with E-state index in [9.17, 15) is 9.59 Å². The van der Waals surface area contributed by atoms with E-state index in [1.807, 2.05) is 12.3 Å². The van der Waals surface area contributed by atoms with Crippen molar-refractivity contribution in [3.05, 3.63) is 65.9 Å². The molecule has 0 fully saturated rings. The molecule has 0 spiro atoms. The van der Waals surface area contributed by atoms with Gasteiger partial charge in [0.25, 0.3) is 0 Å². The van der Waals surface area contributed by atoms with Gasteiger partial charge in [-0.3, -0.25) is 0 Å². The van der Waals surface area contributed by atoms with Gasteiger partial charge in [-0.1, -0.05) is 30.3 Å². The van der Waals surface area contributed by atoms with Gasteiger partial charge in [0.15, 0.2) is 0 Å². The zero-order chi connectivity index (χ0) is 18.2. The third-order valence-corrected chi connectivity index (χ3v) is 3.46. The Kier molecular flexibility index (Phi) is 6.14. The van der Waals surface area contributed by atoms with Crippen LogP contribution in [-0.4, -0.2) is 23.6 Å². The molecule has 0 aliphatic rings. The maximum Gasteiger partial charge on any atom is 0.412 e. The third kappa shape index (κ3) is 4.82. The number of hydrogen-bond acceptors (Lipinski definition) is 5. The van der Waals surface area contributed by atoms with Crippen molar-refractivity contribution in [1.82, 2.24) is 4.98 Å². The molecule has 0 aliphatic carbocycles. The van der Waals surface area contributed by atoms with E-state index in [4.69, 9.17) is 11.5 Å². The molecule has 0 bridgehead atoms. The van der Waals surface area contributed by atoms with Crippen molar-refractivity contribution in [2.24, 2.45) is 11.5 Å². The summed E-state index contributed by atoms with van der Waals surface area (Å²) in [5.74, 6) is -0.842. The largest absolute Gasteiger partial charge is 0.412 e. The van der Waals surface area contributed by atoms with Crippen molar-refractivity contribution >= 4 is 28.7 Å². The van der Waals surface area contributed by atoms with Crippen molar-refractivity contribution in [3.8, 4) is 0 Å². The number of esters is 1. The Balaban J connectivity index is 0.000000181. The molecule has 1 amide bonds.